The van der Waals surface area contributed by atoms with Crippen molar-refractivity contribution in [1.29, 1.82) is 0 Å². The SMILES string of the molecule is CNc1cccc(CCOc2ccc(C[C@H](NC(=O)c3cccc(C(F)(F)F)c3C)C(=O)O)cc2)n1. The van der Waals surface area contributed by atoms with Crippen LogP contribution in [-0.4, -0.2) is 41.7 Å². The zero-order valence-electron chi connectivity index (χ0n) is 19.7. The number of ether oxygens (including phenoxy) is 1. The lowest BCUT2D eigenvalue weighted by molar-refractivity contribution is -0.139. The van der Waals surface area contributed by atoms with Gasteiger partial charge in [-0.3, -0.25) is 4.79 Å². The van der Waals surface area contributed by atoms with Crippen molar-refractivity contribution in [2.24, 2.45) is 0 Å². The van der Waals surface area contributed by atoms with Crippen molar-refractivity contribution in [2.75, 3.05) is 19.0 Å². The zero-order valence-corrected chi connectivity index (χ0v) is 19.7. The summed E-state index contributed by atoms with van der Waals surface area (Å²) in [6.45, 7) is 1.57. The first-order chi connectivity index (χ1) is 17.1. The normalized spacial score (nSPS) is 12.0. The van der Waals surface area contributed by atoms with E-state index in [0.717, 1.165) is 23.6 Å². The quantitative estimate of drug-likeness (QED) is 0.378. The molecule has 1 amide bonds. The molecular weight excluding hydrogens is 475 g/mol. The molecule has 0 spiro atoms. The van der Waals surface area contributed by atoms with Crippen molar-refractivity contribution in [3.8, 4) is 5.75 Å². The van der Waals surface area contributed by atoms with E-state index in [0.29, 0.717) is 24.3 Å². The largest absolute Gasteiger partial charge is 0.493 e. The van der Waals surface area contributed by atoms with Crippen LogP contribution in [0.15, 0.2) is 60.7 Å². The molecule has 1 heterocycles. The summed E-state index contributed by atoms with van der Waals surface area (Å²) in [7, 11) is 1.79. The van der Waals surface area contributed by atoms with E-state index in [1.54, 1.807) is 31.3 Å². The first-order valence-corrected chi connectivity index (χ1v) is 11.1. The lowest BCUT2D eigenvalue weighted by atomic mass is 10.00. The van der Waals surface area contributed by atoms with Crippen LogP contribution in [0.1, 0.15) is 32.7 Å². The van der Waals surface area contributed by atoms with E-state index in [1.807, 2.05) is 18.2 Å². The number of carbonyl (C=O) groups is 2. The minimum absolute atomic E-state index is 0.0555. The fourth-order valence-electron chi connectivity index (χ4n) is 3.61. The summed E-state index contributed by atoms with van der Waals surface area (Å²) >= 11 is 0. The highest BCUT2D eigenvalue weighted by Gasteiger charge is 2.34. The number of amides is 1. The third-order valence-electron chi connectivity index (χ3n) is 5.54. The third-order valence-corrected chi connectivity index (χ3v) is 5.54. The predicted molar refractivity (Wildman–Crippen MR) is 128 cm³/mol. The molecule has 1 atom stereocenters. The van der Waals surface area contributed by atoms with Gasteiger partial charge in [0.05, 0.1) is 12.2 Å². The van der Waals surface area contributed by atoms with Gasteiger partial charge < -0.3 is 20.5 Å². The second-order valence-corrected chi connectivity index (χ2v) is 8.05. The molecule has 0 saturated heterocycles. The van der Waals surface area contributed by atoms with Gasteiger partial charge in [-0.05, 0) is 54.4 Å². The molecule has 0 bridgehead atoms. The molecule has 3 rings (SSSR count). The molecule has 1 aromatic heterocycles. The minimum Gasteiger partial charge on any atom is -0.493 e. The van der Waals surface area contributed by atoms with Crippen LogP contribution >= 0.6 is 0 Å². The Labute approximate surface area is 206 Å². The Bertz CT molecular complexity index is 1210. The van der Waals surface area contributed by atoms with E-state index in [2.05, 4.69) is 15.6 Å². The van der Waals surface area contributed by atoms with Crippen molar-refractivity contribution in [3.05, 3.63) is 88.6 Å². The number of aromatic nitrogens is 1. The molecule has 0 unspecified atom stereocenters. The Morgan fingerprint density at radius 1 is 1.06 bits per heavy atom. The number of alkyl halides is 3. The van der Waals surface area contributed by atoms with Crippen molar-refractivity contribution in [2.45, 2.75) is 32.0 Å². The molecular formula is C26H26F3N3O4. The average Bonchev–Trinajstić information content (AvgIpc) is 2.84. The van der Waals surface area contributed by atoms with Crippen LogP contribution in [-0.2, 0) is 23.8 Å². The number of carboxylic acid groups (broad SMARTS) is 1. The Morgan fingerprint density at radius 3 is 2.39 bits per heavy atom. The van der Waals surface area contributed by atoms with Crippen molar-refractivity contribution in [1.82, 2.24) is 10.3 Å². The second-order valence-electron chi connectivity index (χ2n) is 8.05. The molecule has 0 aliphatic rings. The molecule has 190 valence electrons. The first kappa shape index (κ1) is 26.5. The smallest absolute Gasteiger partial charge is 0.416 e. The molecule has 3 N–H and O–H groups in total. The van der Waals surface area contributed by atoms with Gasteiger partial charge in [-0.25, -0.2) is 9.78 Å². The van der Waals surface area contributed by atoms with Gasteiger partial charge in [0, 0.05) is 31.1 Å². The summed E-state index contributed by atoms with van der Waals surface area (Å²) in [6.07, 6.45) is -4.08. The molecule has 0 radical (unpaired) electrons. The standard InChI is InChI=1S/C26H26F3N3O4/c1-16-20(6-4-7-21(16)26(27,28)29)24(33)32-22(25(34)35)15-17-9-11-19(12-10-17)36-14-13-18-5-3-8-23(30-2)31-18/h3-12,22H,13-15H2,1-2H3,(H,30,31)(H,32,33)(H,34,35)/t22-/m0/s1. The van der Waals surface area contributed by atoms with E-state index in [1.165, 1.54) is 13.0 Å². The lowest BCUT2D eigenvalue weighted by Crippen LogP contribution is -2.42. The maximum absolute atomic E-state index is 13.2. The summed E-state index contributed by atoms with van der Waals surface area (Å²) in [5.41, 5.74) is 0.0486. The van der Waals surface area contributed by atoms with Crippen LogP contribution < -0.4 is 15.4 Å². The Balaban J connectivity index is 1.60. The highest BCUT2D eigenvalue weighted by Crippen LogP contribution is 2.33. The Morgan fingerprint density at radius 2 is 1.75 bits per heavy atom. The van der Waals surface area contributed by atoms with E-state index in [-0.39, 0.29) is 17.5 Å². The highest BCUT2D eigenvalue weighted by atomic mass is 19.4. The number of hydrogen-bond donors (Lipinski definition) is 3. The number of nitrogens with zero attached hydrogens (tertiary/aromatic N) is 1. The van der Waals surface area contributed by atoms with Gasteiger partial charge in [0.15, 0.2) is 0 Å². The van der Waals surface area contributed by atoms with Crippen LogP contribution in [0.25, 0.3) is 0 Å². The molecule has 7 nitrogen and oxygen atoms in total. The summed E-state index contributed by atoms with van der Waals surface area (Å²) in [5, 5.41) is 14.9. The number of carboxylic acids is 1. The second kappa shape index (κ2) is 11.6. The summed E-state index contributed by atoms with van der Waals surface area (Å²) in [5.74, 6) is -0.842. The van der Waals surface area contributed by atoms with E-state index < -0.39 is 29.7 Å². The summed E-state index contributed by atoms with van der Waals surface area (Å²) in [4.78, 5) is 28.8. The number of rotatable bonds is 10. The minimum atomic E-state index is -4.62. The van der Waals surface area contributed by atoms with Gasteiger partial charge >= 0.3 is 12.1 Å². The number of benzene rings is 2. The van der Waals surface area contributed by atoms with Gasteiger partial charge in [0.1, 0.15) is 17.6 Å². The molecule has 2 aromatic carbocycles. The number of halogens is 3. The van der Waals surface area contributed by atoms with Gasteiger partial charge in [0.25, 0.3) is 5.91 Å². The zero-order chi connectivity index (χ0) is 26.3. The predicted octanol–water partition coefficient (Wildman–Crippen LogP) is 4.50. The first-order valence-electron chi connectivity index (χ1n) is 11.1. The number of anilines is 1. The van der Waals surface area contributed by atoms with Gasteiger partial charge in [0.2, 0.25) is 0 Å². The van der Waals surface area contributed by atoms with Crippen molar-refractivity contribution < 1.29 is 32.6 Å². The number of hydrogen-bond acceptors (Lipinski definition) is 5. The van der Waals surface area contributed by atoms with E-state index >= 15 is 0 Å². The number of nitrogens with one attached hydrogen (secondary N) is 2. The molecule has 36 heavy (non-hydrogen) atoms. The molecule has 3 aromatic rings. The van der Waals surface area contributed by atoms with Crippen LogP contribution in [0, 0.1) is 6.92 Å². The molecule has 0 fully saturated rings. The van der Waals surface area contributed by atoms with Gasteiger partial charge in [-0.1, -0.05) is 24.3 Å². The fourth-order valence-corrected chi connectivity index (χ4v) is 3.61. The molecule has 10 heteroatoms. The molecule has 0 aliphatic heterocycles. The lowest BCUT2D eigenvalue weighted by Gasteiger charge is -2.17. The summed E-state index contributed by atoms with van der Waals surface area (Å²) in [6, 6.07) is 14.3. The number of aliphatic carboxylic acids is 1. The van der Waals surface area contributed by atoms with Crippen LogP contribution in [0.5, 0.6) is 5.75 Å². The topological polar surface area (TPSA) is 101 Å². The Hall–Kier alpha value is -4.08. The van der Waals surface area contributed by atoms with Crippen molar-refractivity contribution >= 4 is 17.7 Å². The number of pyridine rings is 1. The third kappa shape index (κ3) is 6.97. The molecule has 0 saturated carbocycles. The Kier molecular flexibility index (Phi) is 8.52. The maximum atomic E-state index is 13.2. The monoisotopic (exact) mass is 501 g/mol. The van der Waals surface area contributed by atoms with Gasteiger partial charge in [-0.2, -0.15) is 13.2 Å². The van der Waals surface area contributed by atoms with Crippen LogP contribution in [0.3, 0.4) is 0 Å². The van der Waals surface area contributed by atoms with Crippen molar-refractivity contribution in [3.63, 3.8) is 0 Å². The molecule has 0 aliphatic carbocycles. The van der Waals surface area contributed by atoms with E-state index in [9.17, 15) is 27.9 Å². The highest BCUT2D eigenvalue weighted by molar-refractivity contribution is 5.98. The summed E-state index contributed by atoms with van der Waals surface area (Å²) < 4.78 is 45.2. The fraction of sp³-hybridized carbons (Fsp3) is 0.269. The van der Waals surface area contributed by atoms with Crippen LogP contribution in [0.2, 0.25) is 0 Å². The average molecular weight is 502 g/mol. The van der Waals surface area contributed by atoms with Crippen LogP contribution in [0.4, 0.5) is 19.0 Å². The maximum Gasteiger partial charge on any atom is 0.416 e. The van der Waals surface area contributed by atoms with E-state index in [4.69, 9.17) is 4.74 Å². The van der Waals surface area contributed by atoms with Gasteiger partial charge in [-0.15, -0.1) is 0 Å². The number of carbonyl (C=O) groups excluding carboxylic acids is 1.